The van der Waals surface area contributed by atoms with Crippen LogP contribution in [0.2, 0.25) is 0 Å². The van der Waals surface area contributed by atoms with Crippen LogP contribution in [0.4, 0.5) is 4.79 Å². The van der Waals surface area contributed by atoms with Crippen LogP contribution < -0.4 is 10.6 Å². The molecule has 0 spiro atoms. The molecule has 1 atom stereocenters. The van der Waals surface area contributed by atoms with Gasteiger partial charge in [0.05, 0.1) is 6.04 Å². The zero-order chi connectivity index (χ0) is 16.9. The standard InChI is InChI=1S/C16H31N3O3/c1-11(2)7-13(18-15(21)22-16(4,5)6)8-19-9-14(10-19)17-12(3)20/h11,13-14H,7-10H2,1-6H3,(H,17,20)(H,18,21)/t13-/m1/s1. The summed E-state index contributed by atoms with van der Waals surface area (Å²) < 4.78 is 5.33. The van der Waals surface area contributed by atoms with E-state index >= 15 is 0 Å². The minimum Gasteiger partial charge on any atom is -0.444 e. The van der Waals surface area contributed by atoms with Crippen molar-refractivity contribution < 1.29 is 14.3 Å². The van der Waals surface area contributed by atoms with Crippen LogP contribution in [0.5, 0.6) is 0 Å². The van der Waals surface area contributed by atoms with Gasteiger partial charge in [0.15, 0.2) is 0 Å². The average molecular weight is 313 g/mol. The maximum Gasteiger partial charge on any atom is 0.407 e. The number of amides is 2. The molecule has 0 radical (unpaired) electrons. The molecule has 2 N–H and O–H groups in total. The summed E-state index contributed by atoms with van der Waals surface area (Å²) in [7, 11) is 0. The van der Waals surface area contributed by atoms with Crippen LogP contribution >= 0.6 is 0 Å². The zero-order valence-electron chi connectivity index (χ0n) is 14.7. The Labute approximate surface area is 134 Å². The van der Waals surface area contributed by atoms with Gasteiger partial charge in [-0.1, -0.05) is 13.8 Å². The van der Waals surface area contributed by atoms with Crippen LogP contribution in [0, 0.1) is 5.92 Å². The van der Waals surface area contributed by atoms with Gasteiger partial charge >= 0.3 is 6.09 Å². The molecule has 2 amide bonds. The Bertz CT molecular complexity index is 385. The second kappa shape index (κ2) is 7.81. The van der Waals surface area contributed by atoms with Crippen molar-refractivity contribution in [1.29, 1.82) is 0 Å². The minimum absolute atomic E-state index is 0.00950. The fourth-order valence-corrected chi connectivity index (χ4v) is 2.63. The Hall–Kier alpha value is -1.30. The molecule has 22 heavy (non-hydrogen) atoms. The molecule has 1 aliphatic heterocycles. The lowest BCUT2D eigenvalue weighted by atomic mass is 10.0. The van der Waals surface area contributed by atoms with Gasteiger partial charge in [0.25, 0.3) is 0 Å². The summed E-state index contributed by atoms with van der Waals surface area (Å²) in [6.45, 7) is 13.8. The quantitative estimate of drug-likeness (QED) is 0.784. The Morgan fingerprint density at radius 1 is 1.27 bits per heavy atom. The number of nitrogens with zero attached hydrogens (tertiary/aromatic N) is 1. The van der Waals surface area contributed by atoms with Gasteiger partial charge in [0.2, 0.25) is 5.91 Å². The summed E-state index contributed by atoms with van der Waals surface area (Å²) >= 11 is 0. The highest BCUT2D eigenvalue weighted by molar-refractivity contribution is 5.73. The number of ether oxygens (including phenoxy) is 1. The lowest BCUT2D eigenvalue weighted by Gasteiger charge is -2.41. The third-order valence-corrected chi connectivity index (χ3v) is 3.32. The minimum atomic E-state index is -0.486. The maximum atomic E-state index is 11.9. The van der Waals surface area contributed by atoms with E-state index in [1.165, 1.54) is 6.92 Å². The van der Waals surface area contributed by atoms with Gasteiger partial charge in [-0.05, 0) is 33.1 Å². The van der Waals surface area contributed by atoms with Crippen LogP contribution in [0.25, 0.3) is 0 Å². The Morgan fingerprint density at radius 2 is 1.86 bits per heavy atom. The van der Waals surface area contributed by atoms with Crippen LogP contribution in [-0.2, 0) is 9.53 Å². The predicted molar refractivity (Wildman–Crippen MR) is 86.7 cm³/mol. The van der Waals surface area contributed by atoms with E-state index in [1.54, 1.807) is 0 Å². The molecule has 6 heteroatoms. The first-order valence-electron chi connectivity index (χ1n) is 8.04. The summed E-state index contributed by atoms with van der Waals surface area (Å²) in [6, 6.07) is 0.298. The van der Waals surface area contributed by atoms with E-state index in [1.807, 2.05) is 20.8 Å². The first kappa shape index (κ1) is 18.7. The van der Waals surface area contributed by atoms with Crippen LogP contribution in [0.3, 0.4) is 0 Å². The van der Waals surface area contributed by atoms with E-state index in [0.29, 0.717) is 5.92 Å². The first-order chi connectivity index (χ1) is 10.0. The van der Waals surface area contributed by atoms with Crippen molar-refractivity contribution in [2.24, 2.45) is 5.92 Å². The Kier molecular flexibility index (Phi) is 6.66. The van der Waals surface area contributed by atoms with Crippen LogP contribution in [0.1, 0.15) is 48.0 Å². The Balaban J connectivity index is 2.42. The largest absolute Gasteiger partial charge is 0.444 e. The molecule has 0 aromatic carbocycles. The van der Waals surface area contributed by atoms with Crippen LogP contribution in [-0.4, -0.2) is 54.2 Å². The molecule has 6 nitrogen and oxygen atoms in total. The van der Waals surface area contributed by atoms with Crippen molar-refractivity contribution in [1.82, 2.24) is 15.5 Å². The maximum absolute atomic E-state index is 11.9. The van der Waals surface area contributed by atoms with Crippen molar-refractivity contribution in [3.63, 3.8) is 0 Å². The Morgan fingerprint density at radius 3 is 2.32 bits per heavy atom. The van der Waals surface area contributed by atoms with Crippen molar-refractivity contribution in [3.8, 4) is 0 Å². The number of hydrogen-bond donors (Lipinski definition) is 2. The van der Waals surface area contributed by atoms with Crippen LogP contribution in [0.15, 0.2) is 0 Å². The topological polar surface area (TPSA) is 70.7 Å². The van der Waals surface area contributed by atoms with Crippen molar-refractivity contribution in [2.45, 2.75) is 65.6 Å². The molecule has 128 valence electrons. The van der Waals surface area contributed by atoms with Gasteiger partial charge in [-0.15, -0.1) is 0 Å². The van der Waals surface area contributed by atoms with Gasteiger partial charge in [0.1, 0.15) is 5.60 Å². The molecule has 1 rings (SSSR count). The van der Waals surface area contributed by atoms with E-state index in [9.17, 15) is 9.59 Å². The molecule has 0 bridgehead atoms. The molecule has 1 aliphatic rings. The lowest BCUT2D eigenvalue weighted by molar-refractivity contribution is -0.120. The number of hydrogen-bond acceptors (Lipinski definition) is 4. The monoisotopic (exact) mass is 313 g/mol. The molecule has 0 unspecified atom stereocenters. The first-order valence-corrected chi connectivity index (χ1v) is 8.04. The molecule has 1 heterocycles. The van der Waals surface area contributed by atoms with Crippen molar-refractivity contribution in [2.75, 3.05) is 19.6 Å². The molecule has 0 aromatic rings. The third-order valence-electron chi connectivity index (χ3n) is 3.32. The van der Waals surface area contributed by atoms with E-state index in [0.717, 1.165) is 26.1 Å². The summed E-state index contributed by atoms with van der Waals surface area (Å²) in [5, 5.41) is 5.87. The van der Waals surface area contributed by atoms with E-state index in [-0.39, 0.29) is 24.1 Å². The van der Waals surface area contributed by atoms with Crippen molar-refractivity contribution in [3.05, 3.63) is 0 Å². The fourth-order valence-electron chi connectivity index (χ4n) is 2.63. The van der Waals surface area contributed by atoms with Crippen molar-refractivity contribution >= 4 is 12.0 Å². The van der Waals surface area contributed by atoms with Gasteiger partial charge in [0, 0.05) is 32.6 Å². The number of carbonyl (C=O) groups is 2. The molecule has 1 saturated heterocycles. The number of nitrogens with one attached hydrogen (secondary N) is 2. The predicted octanol–water partition coefficient (Wildman–Crippen LogP) is 1.75. The number of carbonyl (C=O) groups excluding carboxylic acids is 2. The molecule has 1 fully saturated rings. The molecule has 0 saturated carbocycles. The zero-order valence-corrected chi connectivity index (χ0v) is 14.7. The summed E-state index contributed by atoms with van der Waals surface area (Å²) in [5.74, 6) is 0.502. The highest BCUT2D eigenvalue weighted by Gasteiger charge is 2.30. The highest BCUT2D eigenvalue weighted by atomic mass is 16.6. The average Bonchev–Trinajstić information content (AvgIpc) is 2.21. The smallest absolute Gasteiger partial charge is 0.407 e. The fraction of sp³-hybridized carbons (Fsp3) is 0.875. The molecule has 0 aromatic heterocycles. The van der Waals surface area contributed by atoms with Gasteiger partial charge in [-0.25, -0.2) is 4.79 Å². The molecular weight excluding hydrogens is 282 g/mol. The highest BCUT2D eigenvalue weighted by Crippen LogP contribution is 2.14. The summed E-state index contributed by atoms with van der Waals surface area (Å²) in [4.78, 5) is 25.2. The van der Waals surface area contributed by atoms with Gasteiger partial charge in [-0.3, -0.25) is 9.69 Å². The SMILES string of the molecule is CC(=O)NC1CN(C[C@@H](CC(C)C)NC(=O)OC(C)(C)C)C1. The second-order valence-electron chi connectivity index (χ2n) is 7.59. The normalized spacial score (nSPS) is 17.8. The van der Waals surface area contributed by atoms with Gasteiger partial charge < -0.3 is 15.4 Å². The third kappa shape index (κ3) is 7.64. The number of likely N-dealkylation sites (tertiary alicyclic amines) is 1. The number of alkyl carbamates (subject to hydrolysis) is 1. The van der Waals surface area contributed by atoms with E-state index in [2.05, 4.69) is 29.4 Å². The van der Waals surface area contributed by atoms with Gasteiger partial charge in [-0.2, -0.15) is 0 Å². The van der Waals surface area contributed by atoms with E-state index < -0.39 is 5.60 Å². The van der Waals surface area contributed by atoms with E-state index in [4.69, 9.17) is 4.74 Å². The molecular formula is C16H31N3O3. The molecule has 0 aliphatic carbocycles. The lowest BCUT2D eigenvalue weighted by Crippen LogP contribution is -2.61. The summed E-state index contributed by atoms with van der Waals surface area (Å²) in [5.41, 5.74) is -0.486. The number of rotatable bonds is 6. The summed E-state index contributed by atoms with van der Waals surface area (Å²) in [6.07, 6.45) is 0.540. The second-order valence-corrected chi connectivity index (χ2v) is 7.59.